The smallest absolute Gasteiger partial charge is 0.204 e. The zero-order chi connectivity index (χ0) is 29.4. The molecule has 13 nitrogen and oxygen atoms in total. The van der Waals surface area contributed by atoms with Gasteiger partial charge >= 0.3 is 0 Å². The molecule has 2 aromatic carbocycles. The Kier molecular flexibility index (Phi) is 11.4. The van der Waals surface area contributed by atoms with E-state index < -0.39 is 56.1 Å². The molecule has 1 saturated heterocycles. The van der Waals surface area contributed by atoms with Gasteiger partial charge in [-0.05, 0) is 35.4 Å². The lowest BCUT2D eigenvalue weighted by atomic mass is 9.98. The van der Waals surface area contributed by atoms with Gasteiger partial charge in [-0.25, -0.2) is 0 Å². The predicted octanol–water partition coefficient (Wildman–Crippen LogP) is -0.279. The lowest BCUT2D eigenvalue weighted by Gasteiger charge is -2.41. The summed E-state index contributed by atoms with van der Waals surface area (Å²) < 4.78 is 33.9. The maximum Gasteiger partial charge on any atom is 0.204 e. The first kappa shape index (κ1) is 31.4. The summed E-state index contributed by atoms with van der Waals surface area (Å²) in [6.45, 7) is -1.50. The minimum Gasteiger partial charge on any atom is -0.504 e. The van der Waals surface area contributed by atoms with Crippen LogP contribution in [0.5, 0.6) is 28.7 Å². The van der Waals surface area contributed by atoms with Crippen molar-refractivity contribution in [1.82, 2.24) is 0 Å². The third-order valence-electron chi connectivity index (χ3n) is 6.35. The molecule has 222 valence electrons. The van der Waals surface area contributed by atoms with Crippen molar-refractivity contribution < 1.29 is 64.2 Å². The minimum absolute atomic E-state index is 0.0757. The highest BCUT2D eigenvalue weighted by atomic mass is 16.7. The van der Waals surface area contributed by atoms with E-state index in [1.54, 1.807) is 18.2 Å². The first-order chi connectivity index (χ1) is 19.2. The number of aromatic hydroxyl groups is 1. The Bertz CT molecular complexity index is 1100. The average Bonchev–Trinajstić information content (AvgIpc) is 2.97. The summed E-state index contributed by atoms with van der Waals surface area (Å²) in [6, 6.07) is 7.46. The summed E-state index contributed by atoms with van der Waals surface area (Å²) in [5.74, 6) is 0.454. The van der Waals surface area contributed by atoms with E-state index in [1.807, 2.05) is 0 Å². The zero-order valence-electron chi connectivity index (χ0n) is 22.3. The first-order valence-electron chi connectivity index (χ1n) is 12.4. The quantitative estimate of drug-likeness (QED) is 0.167. The Morgan fingerprint density at radius 3 is 2.08 bits per heavy atom. The molecule has 0 aromatic heterocycles. The van der Waals surface area contributed by atoms with Crippen molar-refractivity contribution in [2.45, 2.75) is 42.9 Å². The van der Waals surface area contributed by atoms with Gasteiger partial charge in [-0.3, -0.25) is 0 Å². The van der Waals surface area contributed by atoms with Crippen LogP contribution in [-0.4, -0.2) is 114 Å². The second-order valence-electron chi connectivity index (χ2n) is 8.86. The van der Waals surface area contributed by atoms with Gasteiger partial charge in [0.05, 0.1) is 41.2 Å². The Morgan fingerprint density at radius 2 is 1.52 bits per heavy atom. The van der Waals surface area contributed by atoms with Crippen molar-refractivity contribution in [2.75, 3.05) is 41.2 Å². The third-order valence-corrected chi connectivity index (χ3v) is 6.35. The normalized spacial score (nSPS) is 24.5. The molecule has 0 aliphatic carbocycles. The molecule has 7 N–H and O–H groups in total. The van der Waals surface area contributed by atoms with Crippen LogP contribution >= 0.6 is 0 Å². The standard InChI is InChI=1S/C27H36O13/c1-35-17-11-15(6-7-16(17)31)25(40-27-24(34)23(33)22(32)20(12-29)39-27)21(13-30)38-26-18(36-2)9-14(5-4-8-28)10-19(26)37-3/h4-7,9-11,20-25,27-34H,8,12-13H2,1-3H3/b5-4+. The van der Waals surface area contributed by atoms with E-state index in [-0.39, 0.29) is 35.4 Å². The fourth-order valence-electron chi connectivity index (χ4n) is 4.22. The van der Waals surface area contributed by atoms with Gasteiger partial charge in [-0.15, -0.1) is 0 Å². The topological polar surface area (TPSA) is 197 Å². The minimum atomic E-state index is -1.74. The van der Waals surface area contributed by atoms with Crippen LogP contribution in [-0.2, 0) is 9.47 Å². The SMILES string of the molecule is COc1cc(C(OC2OC(CO)C(O)C(O)C2O)C(CO)Oc2c(OC)cc(/C=C/CO)cc2OC)ccc1O. The highest BCUT2D eigenvalue weighted by Gasteiger charge is 2.46. The second-order valence-corrected chi connectivity index (χ2v) is 8.86. The van der Waals surface area contributed by atoms with Gasteiger partial charge in [0.15, 0.2) is 35.4 Å². The van der Waals surface area contributed by atoms with E-state index >= 15 is 0 Å². The number of phenolic OH excluding ortho intramolecular Hbond substituents is 1. The molecule has 0 amide bonds. The van der Waals surface area contributed by atoms with E-state index in [4.69, 9.17) is 33.5 Å². The lowest BCUT2D eigenvalue weighted by molar-refractivity contribution is -0.318. The molecule has 1 aliphatic rings. The van der Waals surface area contributed by atoms with Gasteiger partial charge in [0, 0.05) is 0 Å². The summed E-state index contributed by atoms with van der Waals surface area (Å²) in [4.78, 5) is 0. The summed E-state index contributed by atoms with van der Waals surface area (Å²) in [7, 11) is 4.15. The van der Waals surface area contributed by atoms with Crippen molar-refractivity contribution in [1.29, 1.82) is 0 Å². The Balaban J connectivity index is 2.06. The number of aliphatic hydroxyl groups is 6. The van der Waals surface area contributed by atoms with Gasteiger partial charge in [0.2, 0.25) is 5.75 Å². The van der Waals surface area contributed by atoms with Crippen LogP contribution in [0.25, 0.3) is 6.08 Å². The lowest BCUT2D eigenvalue weighted by Crippen LogP contribution is -2.59. The molecule has 2 aromatic rings. The molecule has 0 saturated carbocycles. The Hall–Kier alpha value is -3.14. The van der Waals surface area contributed by atoms with Crippen LogP contribution in [0.3, 0.4) is 0 Å². The van der Waals surface area contributed by atoms with Crippen LogP contribution < -0.4 is 18.9 Å². The Labute approximate surface area is 231 Å². The molecule has 7 atom stereocenters. The number of hydrogen-bond donors (Lipinski definition) is 7. The summed E-state index contributed by atoms with van der Waals surface area (Å²) >= 11 is 0. The number of ether oxygens (including phenoxy) is 6. The molecule has 0 radical (unpaired) electrons. The van der Waals surface area contributed by atoms with E-state index in [0.717, 1.165) is 0 Å². The molecule has 0 spiro atoms. The van der Waals surface area contributed by atoms with E-state index in [2.05, 4.69) is 0 Å². The molecule has 1 heterocycles. The molecule has 13 heteroatoms. The summed E-state index contributed by atoms with van der Waals surface area (Å²) in [5.41, 5.74) is 0.944. The predicted molar refractivity (Wildman–Crippen MR) is 139 cm³/mol. The fraction of sp³-hybridized carbons (Fsp3) is 0.481. The largest absolute Gasteiger partial charge is 0.504 e. The summed E-state index contributed by atoms with van der Waals surface area (Å²) in [5, 5.41) is 70.3. The van der Waals surface area contributed by atoms with Crippen molar-refractivity contribution in [3.05, 3.63) is 47.5 Å². The average molecular weight is 569 g/mol. The van der Waals surface area contributed by atoms with Crippen molar-refractivity contribution in [3.8, 4) is 28.7 Å². The van der Waals surface area contributed by atoms with Gasteiger partial charge in [-0.1, -0.05) is 18.2 Å². The molecular weight excluding hydrogens is 532 g/mol. The molecule has 3 rings (SSSR count). The molecule has 1 aliphatic heterocycles. The van der Waals surface area contributed by atoms with Crippen LogP contribution in [0, 0.1) is 0 Å². The maximum atomic E-state index is 10.6. The number of methoxy groups -OCH3 is 3. The molecule has 1 fully saturated rings. The number of rotatable bonds is 13. The first-order valence-corrected chi connectivity index (χ1v) is 12.4. The van der Waals surface area contributed by atoms with Crippen molar-refractivity contribution in [3.63, 3.8) is 0 Å². The highest BCUT2D eigenvalue weighted by molar-refractivity contribution is 5.62. The van der Waals surface area contributed by atoms with E-state index in [1.165, 1.54) is 45.6 Å². The van der Waals surface area contributed by atoms with Gasteiger partial charge in [0.1, 0.15) is 30.5 Å². The van der Waals surface area contributed by atoms with E-state index in [0.29, 0.717) is 11.1 Å². The van der Waals surface area contributed by atoms with Crippen LogP contribution in [0.2, 0.25) is 0 Å². The highest BCUT2D eigenvalue weighted by Crippen LogP contribution is 2.42. The van der Waals surface area contributed by atoms with E-state index in [9.17, 15) is 30.6 Å². The van der Waals surface area contributed by atoms with Gasteiger partial charge in [-0.2, -0.15) is 0 Å². The fourth-order valence-corrected chi connectivity index (χ4v) is 4.22. The molecule has 7 unspecified atom stereocenters. The number of phenols is 1. The second kappa shape index (κ2) is 14.5. The van der Waals surface area contributed by atoms with Crippen molar-refractivity contribution in [2.24, 2.45) is 0 Å². The van der Waals surface area contributed by atoms with Crippen LogP contribution in [0.4, 0.5) is 0 Å². The number of benzene rings is 2. The monoisotopic (exact) mass is 568 g/mol. The molecular formula is C27H36O13. The molecule has 0 bridgehead atoms. The van der Waals surface area contributed by atoms with Gasteiger partial charge < -0.3 is 64.2 Å². The number of aliphatic hydroxyl groups excluding tert-OH is 6. The summed E-state index contributed by atoms with van der Waals surface area (Å²) in [6.07, 6.45) is -7.19. The van der Waals surface area contributed by atoms with Crippen LogP contribution in [0.1, 0.15) is 17.2 Å². The van der Waals surface area contributed by atoms with Gasteiger partial charge in [0.25, 0.3) is 0 Å². The zero-order valence-corrected chi connectivity index (χ0v) is 22.3. The molecule has 40 heavy (non-hydrogen) atoms. The maximum absolute atomic E-state index is 10.6. The van der Waals surface area contributed by atoms with Crippen molar-refractivity contribution >= 4 is 6.08 Å². The Morgan fingerprint density at radius 1 is 0.875 bits per heavy atom. The van der Waals surface area contributed by atoms with Crippen LogP contribution in [0.15, 0.2) is 36.4 Å². The number of hydrogen-bond acceptors (Lipinski definition) is 13. The third kappa shape index (κ3) is 6.95.